The average Bonchev–Trinajstić information content (AvgIpc) is 2.83. The second kappa shape index (κ2) is 4.90. The van der Waals surface area contributed by atoms with Crippen LogP contribution in [0.5, 0.6) is 0 Å². The minimum Gasteiger partial charge on any atom is -0.311 e. The predicted molar refractivity (Wildman–Crippen MR) is 96.9 cm³/mol. The van der Waals surface area contributed by atoms with Gasteiger partial charge in [-0.25, -0.2) is 4.99 Å². The minimum atomic E-state index is -0.0868. The molecule has 114 valence electrons. The second-order valence-corrected chi connectivity index (χ2v) is 6.75. The van der Waals surface area contributed by atoms with Crippen molar-refractivity contribution >= 4 is 38.9 Å². The lowest BCUT2D eigenvalue weighted by molar-refractivity contribution is 0.106. The van der Waals surface area contributed by atoms with Crippen LogP contribution in [-0.2, 0) is 0 Å². The van der Waals surface area contributed by atoms with Gasteiger partial charge in [0.25, 0.3) is 0 Å². The molecular formula is C19H15BrN2O. The maximum atomic E-state index is 12.9. The number of aryl methyl sites for hydroxylation is 1. The Labute approximate surface area is 143 Å². The molecule has 4 heteroatoms. The van der Waals surface area contributed by atoms with Gasteiger partial charge in [-0.2, -0.15) is 0 Å². The van der Waals surface area contributed by atoms with Gasteiger partial charge in [0.2, 0.25) is 5.78 Å². The van der Waals surface area contributed by atoms with E-state index in [1.54, 1.807) is 0 Å². The van der Waals surface area contributed by atoms with E-state index >= 15 is 0 Å². The summed E-state index contributed by atoms with van der Waals surface area (Å²) in [7, 11) is 0. The highest BCUT2D eigenvalue weighted by Gasteiger charge is 2.42. The summed E-state index contributed by atoms with van der Waals surface area (Å²) in [4.78, 5) is 19.6. The summed E-state index contributed by atoms with van der Waals surface area (Å²) < 4.78 is 0.803. The summed E-state index contributed by atoms with van der Waals surface area (Å²) >= 11 is 3.50. The van der Waals surface area contributed by atoms with Crippen LogP contribution < -0.4 is 4.90 Å². The van der Waals surface area contributed by atoms with Crippen molar-refractivity contribution < 1.29 is 4.79 Å². The van der Waals surface area contributed by atoms with Gasteiger partial charge < -0.3 is 4.90 Å². The Morgan fingerprint density at radius 1 is 1.26 bits per heavy atom. The lowest BCUT2D eigenvalue weighted by Gasteiger charge is -2.33. The van der Waals surface area contributed by atoms with Crippen LogP contribution in [0.25, 0.3) is 0 Å². The van der Waals surface area contributed by atoms with Gasteiger partial charge in [-0.3, -0.25) is 4.79 Å². The van der Waals surface area contributed by atoms with Crippen molar-refractivity contribution in [1.82, 2.24) is 0 Å². The van der Waals surface area contributed by atoms with Gasteiger partial charge in [0.1, 0.15) is 0 Å². The molecule has 0 radical (unpaired) electrons. The molecule has 0 unspecified atom stereocenters. The number of halogens is 1. The summed E-state index contributed by atoms with van der Waals surface area (Å²) in [5.74, 6) is 0.448. The van der Waals surface area contributed by atoms with Crippen molar-refractivity contribution in [3.63, 3.8) is 0 Å². The highest BCUT2D eigenvalue weighted by Crippen LogP contribution is 2.46. The number of hydrogen-bond acceptors (Lipinski definition) is 3. The molecule has 0 fully saturated rings. The maximum Gasteiger partial charge on any atom is 0.231 e. The highest BCUT2D eigenvalue weighted by atomic mass is 79.9. The number of amidine groups is 1. The largest absolute Gasteiger partial charge is 0.311 e. The van der Waals surface area contributed by atoms with E-state index in [9.17, 15) is 4.79 Å². The summed E-state index contributed by atoms with van der Waals surface area (Å²) in [6, 6.07) is 9.89. The minimum absolute atomic E-state index is 0.0362. The molecule has 2 aromatic rings. The lowest BCUT2D eigenvalue weighted by atomic mass is 9.95. The first-order valence-corrected chi connectivity index (χ1v) is 8.27. The van der Waals surface area contributed by atoms with Crippen molar-refractivity contribution in [2.45, 2.75) is 19.9 Å². The predicted octanol–water partition coefficient (Wildman–Crippen LogP) is 5.04. The van der Waals surface area contributed by atoms with Crippen LogP contribution in [0, 0.1) is 13.8 Å². The number of carbonyl (C=O) groups excluding carboxylic acids is 1. The molecule has 0 aliphatic carbocycles. The number of Topliss-reactive ketones (excluding diaryl/α,β-unsaturated/α-hetero) is 1. The number of fused-ring (bicyclic) bond motifs is 4. The topological polar surface area (TPSA) is 32.7 Å². The number of carbonyl (C=O) groups is 1. The average molecular weight is 367 g/mol. The van der Waals surface area contributed by atoms with Gasteiger partial charge in [-0.1, -0.05) is 24.3 Å². The van der Waals surface area contributed by atoms with Gasteiger partial charge in [0.05, 0.1) is 23.0 Å². The van der Waals surface area contributed by atoms with Gasteiger partial charge in [-0.05, 0) is 53.0 Å². The zero-order valence-corrected chi connectivity index (χ0v) is 14.5. The van der Waals surface area contributed by atoms with E-state index < -0.39 is 0 Å². The molecule has 0 N–H and O–H groups in total. The zero-order valence-electron chi connectivity index (χ0n) is 12.9. The number of benzene rings is 2. The first-order valence-electron chi connectivity index (χ1n) is 7.48. The molecular weight excluding hydrogens is 352 g/mol. The molecule has 0 bridgehead atoms. The SMILES string of the molecule is C=C[C@H]1c2ccc(C)c(C)c2N=C2C(=O)c3c(Br)cccc3N21. The number of anilines is 1. The number of rotatable bonds is 1. The monoisotopic (exact) mass is 366 g/mol. The van der Waals surface area contributed by atoms with Crippen LogP contribution >= 0.6 is 15.9 Å². The van der Waals surface area contributed by atoms with Crippen molar-refractivity contribution in [2.75, 3.05) is 4.90 Å². The smallest absolute Gasteiger partial charge is 0.231 e. The van der Waals surface area contributed by atoms with Crippen LogP contribution in [0.2, 0.25) is 0 Å². The molecule has 0 saturated heterocycles. The van der Waals surface area contributed by atoms with E-state index in [2.05, 4.69) is 48.5 Å². The summed E-state index contributed by atoms with van der Waals surface area (Å²) in [5, 5.41) is 0. The van der Waals surface area contributed by atoms with Crippen LogP contribution in [0.3, 0.4) is 0 Å². The van der Waals surface area contributed by atoms with Crippen LogP contribution in [0.15, 0.2) is 52.5 Å². The Bertz CT molecular complexity index is 914. The fourth-order valence-corrected chi connectivity index (χ4v) is 3.88. The standard InChI is InChI=1S/C19H15BrN2O/c1-4-14-12-9-8-10(2)11(3)17(12)21-19-18(23)16-13(20)6-5-7-15(16)22(14)19/h4-9,14H,1H2,2-3H3/t14-/m0/s1. The van der Waals surface area contributed by atoms with Gasteiger partial charge in [-0.15, -0.1) is 6.58 Å². The van der Waals surface area contributed by atoms with E-state index in [0.29, 0.717) is 11.4 Å². The molecule has 3 nitrogen and oxygen atoms in total. The molecule has 2 aliphatic rings. The number of aliphatic imine (C=N–C) groups is 1. The Balaban J connectivity index is 2.04. The van der Waals surface area contributed by atoms with Crippen molar-refractivity contribution in [3.8, 4) is 0 Å². The molecule has 2 aromatic carbocycles. The van der Waals surface area contributed by atoms with Crippen molar-refractivity contribution in [2.24, 2.45) is 4.99 Å². The fourth-order valence-electron chi connectivity index (χ4n) is 3.35. The third kappa shape index (κ3) is 1.81. The van der Waals surface area contributed by atoms with Crippen LogP contribution in [0.1, 0.15) is 33.1 Å². The van der Waals surface area contributed by atoms with Gasteiger partial charge in [0.15, 0.2) is 5.84 Å². The lowest BCUT2D eigenvalue weighted by Crippen LogP contribution is -2.35. The van der Waals surface area contributed by atoms with E-state index in [4.69, 9.17) is 4.99 Å². The Kier molecular flexibility index (Phi) is 3.07. The first-order chi connectivity index (χ1) is 11.0. The quantitative estimate of drug-likeness (QED) is 0.662. The molecule has 1 atom stereocenters. The van der Waals surface area contributed by atoms with Gasteiger partial charge >= 0.3 is 0 Å². The third-order valence-corrected chi connectivity index (χ3v) is 5.34. The fraction of sp³-hybridized carbons (Fsp3) is 0.158. The molecule has 0 amide bonds. The Morgan fingerprint density at radius 2 is 2.04 bits per heavy atom. The van der Waals surface area contributed by atoms with Crippen LogP contribution in [-0.4, -0.2) is 11.6 Å². The Morgan fingerprint density at radius 3 is 2.78 bits per heavy atom. The van der Waals surface area contributed by atoms with E-state index in [1.165, 1.54) is 5.56 Å². The summed E-state index contributed by atoms with van der Waals surface area (Å²) in [6.45, 7) is 8.11. The zero-order chi connectivity index (χ0) is 16.3. The molecule has 0 saturated carbocycles. The number of hydrogen-bond donors (Lipinski definition) is 0. The van der Waals surface area contributed by atoms with Gasteiger partial charge in [0, 0.05) is 10.0 Å². The highest BCUT2D eigenvalue weighted by molar-refractivity contribution is 9.10. The van der Waals surface area contributed by atoms with Crippen LogP contribution in [0.4, 0.5) is 11.4 Å². The Hall–Kier alpha value is -2.20. The van der Waals surface area contributed by atoms with E-state index in [0.717, 1.165) is 27.0 Å². The first kappa shape index (κ1) is 14.4. The number of ketones is 1. The van der Waals surface area contributed by atoms with Crippen molar-refractivity contribution in [1.29, 1.82) is 0 Å². The molecule has 0 aromatic heterocycles. The maximum absolute atomic E-state index is 12.9. The molecule has 23 heavy (non-hydrogen) atoms. The second-order valence-electron chi connectivity index (χ2n) is 5.89. The molecule has 0 spiro atoms. The van der Waals surface area contributed by atoms with E-state index in [1.807, 2.05) is 29.2 Å². The summed E-state index contributed by atoms with van der Waals surface area (Å²) in [5.41, 5.74) is 5.85. The normalized spacial score (nSPS) is 18.2. The van der Waals surface area contributed by atoms with E-state index in [-0.39, 0.29) is 11.8 Å². The molecule has 2 heterocycles. The third-order valence-electron chi connectivity index (χ3n) is 4.68. The molecule has 4 rings (SSSR count). The number of nitrogens with zero attached hydrogens (tertiary/aromatic N) is 2. The summed E-state index contributed by atoms with van der Waals surface area (Å²) in [6.07, 6.45) is 1.88. The van der Waals surface area contributed by atoms with Crippen molar-refractivity contribution in [3.05, 3.63) is 69.7 Å². The molecule has 2 aliphatic heterocycles.